The minimum Gasteiger partial charge on any atom is -0.497 e. The Hall–Kier alpha value is -2.33. The van der Waals surface area contributed by atoms with Crippen LogP contribution in [0.15, 0.2) is 42.5 Å². The quantitative estimate of drug-likeness (QED) is 0.650. The van der Waals surface area contributed by atoms with Crippen LogP contribution in [0.2, 0.25) is 0 Å². The predicted molar refractivity (Wildman–Crippen MR) is 90.4 cm³/mol. The summed E-state index contributed by atoms with van der Waals surface area (Å²) in [6, 6.07) is 13.7. The highest BCUT2D eigenvalue weighted by Crippen LogP contribution is 2.41. The molecule has 0 bridgehead atoms. The zero-order valence-corrected chi connectivity index (χ0v) is 13.5. The summed E-state index contributed by atoms with van der Waals surface area (Å²) in [7, 11) is 3.29. The lowest BCUT2D eigenvalue weighted by molar-refractivity contribution is 0.102. The molecule has 0 saturated heterocycles. The molecule has 1 heterocycles. The fourth-order valence-corrected chi connectivity index (χ4v) is 3.60. The highest BCUT2D eigenvalue weighted by Gasteiger charge is 2.17. The molecule has 0 N–H and O–H groups in total. The van der Waals surface area contributed by atoms with E-state index in [0.29, 0.717) is 0 Å². The Morgan fingerprint density at radius 3 is 2.18 bits per heavy atom. The molecule has 0 amide bonds. The second-order valence-corrected chi connectivity index (χ2v) is 6.01. The monoisotopic (exact) mass is 312 g/mol. The summed E-state index contributed by atoms with van der Waals surface area (Å²) in [5.74, 6) is 1.66. The van der Waals surface area contributed by atoms with Crippen molar-refractivity contribution in [3.8, 4) is 22.6 Å². The van der Waals surface area contributed by atoms with Crippen molar-refractivity contribution < 1.29 is 14.3 Å². The number of ketones is 1. The van der Waals surface area contributed by atoms with E-state index in [1.807, 2.05) is 42.5 Å². The van der Waals surface area contributed by atoms with Gasteiger partial charge >= 0.3 is 0 Å². The van der Waals surface area contributed by atoms with Gasteiger partial charge in [0.25, 0.3) is 0 Å². The van der Waals surface area contributed by atoms with Gasteiger partial charge in [-0.15, -0.1) is 11.3 Å². The molecule has 0 fully saturated rings. The summed E-state index contributed by atoms with van der Waals surface area (Å²) in [6.45, 7) is 1.61. The molecule has 1 aromatic heterocycles. The van der Waals surface area contributed by atoms with Crippen molar-refractivity contribution >= 4 is 27.2 Å². The number of hydrogen-bond acceptors (Lipinski definition) is 4. The number of rotatable bonds is 4. The fourth-order valence-electron chi connectivity index (χ4n) is 2.50. The van der Waals surface area contributed by atoms with Gasteiger partial charge in [0.1, 0.15) is 11.5 Å². The van der Waals surface area contributed by atoms with Gasteiger partial charge in [-0.25, -0.2) is 0 Å². The molecule has 22 heavy (non-hydrogen) atoms. The Labute approximate surface area is 133 Å². The molecule has 0 aliphatic carbocycles. The van der Waals surface area contributed by atoms with Crippen LogP contribution < -0.4 is 9.47 Å². The predicted octanol–water partition coefficient (Wildman–Crippen LogP) is 4.79. The van der Waals surface area contributed by atoms with Crippen molar-refractivity contribution in [3.05, 3.63) is 47.3 Å². The molecule has 2 aromatic carbocycles. The molecule has 0 aliphatic heterocycles. The molecule has 4 heteroatoms. The van der Waals surface area contributed by atoms with E-state index < -0.39 is 0 Å². The molecule has 0 atom stereocenters. The number of thiophene rings is 1. The van der Waals surface area contributed by atoms with Crippen LogP contribution in [0.25, 0.3) is 21.2 Å². The molecular formula is C18H16O3S. The molecule has 112 valence electrons. The molecule has 0 spiro atoms. The van der Waals surface area contributed by atoms with Crippen LogP contribution in [0, 0.1) is 0 Å². The number of hydrogen-bond donors (Lipinski definition) is 0. The van der Waals surface area contributed by atoms with Crippen molar-refractivity contribution in [2.24, 2.45) is 0 Å². The van der Waals surface area contributed by atoms with Crippen LogP contribution in [0.3, 0.4) is 0 Å². The van der Waals surface area contributed by atoms with Gasteiger partial charge in [0.2, 0.25) is 0 Å². The van der Waals surface area contributed by atoms with Gasteiger partial charge in [0.15, 0.2) is 5.78 Å². The van der Waals surface area contributed by atoms with Crippen molar-refractivity contribution in [1.82, 2.24) is 0 Å². The first kappa shape index (κ1) is 14.6. The minimum atomic E-state index is 0.0750. The van der Waals surface area contributed by atoms with Crippen LogP contribution in [-0.2, 0) is 0 Å². The third kappa shape index (κ3) is 2.46. The Morgan fingerprint density at radius 2 is 1.59 bits per heavy atom. The molecule has 3 aromatic rings. The van der Waals surface area contributed by atoms with Gasteiger partial charge in [-0.3, -0.25) is 4.79 Å². The number of carbonyl (C=O) groups is 1. The van der Waals surface area contributed by atoms with E-state index in [4.69, 9.17) is 9.47 Å². The van der Waals surface area contributed by atoms with Crippen LogP contribution >= 0.6 is 11.3 Å². The van der Waals surface area contributed by atoms with Gasteiger partial charge in [0.05, 0.1) is 19.1 Å². The third-order valence-corrected chi connectivity index (χ3v) is 4.87. The maximum absolute atomic E-state index is 12.0. The number of methoxy groups -OCH3 is 2. The lowest BCUT2D eigenvalue weighted by Crippen LogP contribution is -1.91. The minimum absolute atomic E-state index is 0.0750. The lowest BCUT2D eigenvalue weighted by Gasteiger charge is -2.06. The molecule has 0 saturated carbocycles. The molecule has 0 radical (unpaired) electrons. The van der Waals surface area contributed by atoms with Gasteiger partial charge in [-0.2, -0.15) is 0 Å². The average molecular weight is 312 g/mol. The van der Waals surface area contributed by atoms with E-state index in [1.165, 1.54) is 11.3 Å². The van der Waals surface area contributed by atoms with Crippen molar-refractivity contribution in [2.45, 2.75) is 6.92 Å². The molecule has 0 aliphatic rings. The highest BCUT2D eigenvalue weighted by molar-refractivity contribution is 7.21. The van der Waals surface area contributed by atoms with Crippen molar-refractivity contribution in [1.29, 1.82) is 0 Å². The molecule has 3 nitrogen and oxygen atoms in total. The SMILES string of the molecule is COc1ccc(-c2c(C(C)=O)sc3ccc(OC)cc23)cc1. The average Bonchev–Trinajstić information content (AvgIpc) is 2.93. The van der Waals surface area contributed by atoms with E-state index in [2.05, 4.69) is 0 Å². The Kier molecular flexibility index (Phi) is 3.86. The summed E-state index contributed by atoms with van der Waals surface area (Å²) in [4.78, 5) is 12.8. The van der Waals surface area contributed by atoms with Crippen LogP contribution in [-0.4, -0.2) is 20.0 Å². The first-order valence-corrected chi connectivity index (χ1v) is 7.71. The number of benzene rings is 2. The number of ether oxygens (including phenoxy) is 2. The molecule has 3 rings (SSSR count). The number of Topliss-reactive ketones (excluding diaryl/α,β-unsaturated/α-hetero) is 1. The second kappa shape index (κ2) is 5.81. The third-order valence-electron chi connectivity index (χ3n) is 3.59. The smallest absolute Gasteiger partial charge is 0.170 e. The van der Waals surface area contributed by atoms with Gasteiger partial charge in [-0.05, 0) is 42.8 Å². The summed E-state index contributed by atoms with van der Waals surface area (Å²) >= 11 is 1.52. The Balaban J connectivity index is 2.27. The summed E-state index contributed by atoms with van der Waals surface area (Å²) in [6.07, 6.45) is 0. The first-order valence-electron chi connectivity index (χ1n) is 6.90. The van der Waals surface area contributed by atoms with Crippen molar-refractivity contribution in [3.63, 3.8) is 0 Å². The molecule has 0 unspecified atom stereocenters. The van der Waals surface area contributed by atoms with E-state index in [1.54, 1.807) is 21.1 Å². The van der Waals surface area contributed by atoms with Crippen LogP contribution in [0.5, 0.6) is 11.5 Å². The van der Waals surface area contributed by atoms with Crippen LogP contribution in [0.4, 0.5) is 0 Å². The Bertz CT molecular complexity index is 831. The van der Waals surface area contributed by atoms with E-state index in [9.17, 15) is 4.79 Å². The Morgan fingerprint density at radius 1 is 0.955 bits per heavy atom. The zero-order valence-electron chi connectivity index (χ0n) is 12.7. The standard InChI is InChI=1S/C18H16O3S/c1-11(19)18-17(12-4-6-13(20-2)7-5-12)15-10-14(21-3)8-9-16(15)22-18/h4-10H,1-3H3. The van der Waals surface area contributed by atoms with Gasteiger partial charge in [0, 0.05) is 15.6 Å². The second-order valence-electron chi connectivity index (χ2n) is 4.95. The fraction of sp³-hybridized carbons (Fsp3) is 0.167. The van der Waals surface area contributed by atoms with Crippen molar-refractivity contribution in [2.75, 3.05) is 14.2 Å². The number of fused-ring (bicyclic) bond motifs is 1. The van der Waals surface area contributed by atoms with Crippen LogP contribution in [0.1, 0.15) is 16.6 Å². The van der Waals surface area contributed by atoms with E-state index >= 15 is 0 Å². The van der Waals surface area contributed by atoms with E-state index in [-0.39, 0.29) is 5.78 Å². The highest BCUT2D eigenvalue weighted by atomic mass is 32.1. The zero-order chi connectivity index (χ0) is 15.7. The topological polar surface area (TPSA) is 35.5 Å². The maximum atomic E-state index is 12.0. The van der Waals surface area contributed by atoms with E-state index in [0.717, 1.165) is 37.6 Å². The van der Waals surface area contributed by atoms with Gasteiger partial charge in [-0.1, -0.05) is 12.1 Å². The normalized spacial score (nSPS) is 10.7. The summed E-state index contributed by atoms with van der Waals surface area (Å²) in [5, 5.41) is 1.04. The summed E-state index contributed by atoms with van der Waals surface area (Å²) in [5.41, 5.74) is 1.97. The maximum Gasteiger partial charge on any atom is 0.170 e. The largest absolute Gasteiger partial charge is 0.497 e. The summed E-state index contributed by atoms with van der Waals surface area (Å²) < 4.78 is 11.6. The molecular weight excluding hydrogens is 296 g/mol. The lowest BCUT2D eigenvalue weighted by atomic mass is 10.0. The first-order chi connectivity index (χ1) is 10.6. The number of carbonyl (C=O) groups excluding carboxylic acids is 1. The van der Waals surface area contributed by atoms with Gasteiger partial charge < -0.3 is 9.47 Å².